The van der Waals surface area contributed by atoms with Gasteiger partial charge < -0.3 is 9.64 Å². The number of para-hydroxylation sites is 2. The molecule has 32 heavy (non-hydrogen) atoms. The number of amidine groups is 1. The molecule has 7 heteroatoms. The predicted octanol–water partition coefficient (Wildman–Crippen LogP) is 5.56. The Labute approximate surface area is 190 Å². The van der Waals surface area contributed by atoms with Crippen LogP contribution < -0.4 is 9.64 Å². The van der Waals surface area contributed by atoms with Gasteiger partial charge in [0.1, 0.15) is 5.75 Å². The Kier molecular flexibility index (Phi) is 6.37. The van der Waals surface area contributed by atoms with Crippen molar-refractivity contribution >= 4 is 46.4 Å². The molecule has 4 rings (SSSR count). The monoisotopic (exact) mass is 443 g/mol. The van der Waals surface area contributed by atoms with E-state index in [-0.39, 0.29) is 5.91 Å². The lowest BCUT2D eigenvalue weighted by Gasteiger charge is -2.15. The first kappa shape index (κ1) is 21.4. The van der Waals surface area contributed by atoms with E-state index < -0.39 is 6.09 Å². The number of nitrogens with zero attached hydrogens (tertiary/aromatic N) is 3. The highest BCUT2D eigenvalue weighted by Gasteiger charge is 2.34. The average Bonchev–Trinajstić information content (AvgIpc) is 3.10. The van der Waals surface area contributed by atoms with E-state index in [9.17, 15) is 9.59 Å². The smallest absolute Gasteiger partial charge is 0.410 e. The van der Waals surface area contributed by atoms with Crippen LogP contribution in [0, 0.1) is 0 Å². The number of benzene rings is 3. The minimum Gasteiger partial charge on any atom is -0.410 e. The first-order valence-electron chi connectivity index (χ1n) is 9.93. The maximum atomic E-state index is 13.3. The average molecular weight is 444 g/mol. The standard InChI is InChI=1S/C25H21N3O3S/c1-27(2)25(30)31-21-15-13-18(14-16-21)17-22-23(29)28(20-11-7-4-8-12-20)24(32-22)26-19-9-5-3-6-10-19/h3-17H,1-2H3. The minimum absolute atomic E-state index is 0.140. The molecule has 3 aromatic rings. The largest absolute Gasteiger partial charge is 0.414 e. The molecule has 0 spiro atoms. The maximum absolute atomic E-state index is 13.3. The van der Waals surface area contributed by atoms with Gasteiger partial charge in [-0.2, -0.15) is 0 Å². The quantitative estimate of drug-likeness (QED) is 0.496. The van der Waals surface area contributed by atoms with E-state index in [4.69, 9.17) is 9.73 Å². The van der Waals surface area contributed by atoms with E-state index in [1.807, 2.05) is 66.7 Å². The number of amides is 2. The fraction of sp³-hybridized carbons (Fsp3) is 0.0800. The van der Waals surface area contributed by atoms with Crippen molar-refractivity contribution in [3.05, 3.63) is 95.4 Å². The van der Waals surface area contributed by atoms with Crippen LogP contribution >= 0.6 is 11.8 Å². The van der Waals surface area contributed by atoms with Gasteiger partial charge in [-0.3, -0.25) is 9.69 Å². The number of hydrogen-bond acceptors (Lipinski definition) is 5. The third-order valence-electron chi connectivity index (χ3n) is 4.55. The third-order valence-corrected chi connectivity index (χ3v) is 5.52. The van der Waals surface area contributed by atoms with Gasteiger partial charge in [0.15, 0.2) is 5.17 Å². The summed E-state index contributed by atoms with van der Waals surface area (Å²) < 4.78 is 5.25. The lowest BCUT2D eigenvalue weighted by atomic mass is 10.2. The number of carbonyl (C=O) groups is 2. The van der Waals surface area contributed by atoms with Crippen molar-refractivity contribution in [2.45, 2.75) is 0 Å². The zero-order valence-electron chi connectivity index (χ0n) is 17.6. The van der Waals surface area contributed by atoms with Crippen LogP contribution in [0.15, 0.2) is 94.8 Å². The van der Waals surface area contributed by atoms with Crippen molar-refractivity contribution in [1.82, 2.24) is 4.90 Å². The second-order valence-electron chi connectivity index (χ2n) is 7.15. The summed E-state index contributed by atoms with van der Waals surface area (Å²) in [6.07, 6.45) is 1.37. The summed E-state index contributed by atoms with van der Waals surface area (Å²) in [4.78, 5) is 33.2. The van der Waals surface area contributed by atoms with Crippen LogP contribution in [-0.4, -0.2) is 36.2 Å². The highest BCUT2D eigenvalue weighted by molar-refractivity contribution is 8.19. The van der Waals surface area contributed by atoms with Crippen LogP contribution in [0.25, 0.3) is 6.08 Å². The molecule has 1 aliphatic heterocycles. The van der Waals surface area contributed by atoms with Gasteiger partial charge in [0.2, 0.25) is 0 Å². The van der Waals surface area contributed by atoms with Crippen molar-refractivity contribution in [1.29, 1.82) is 0 Å². The van der Waals surface area contributed by atoms with Crippen molar-refractivity contribution < 1.29 is 14.3 Å². The van der Waals surface area contributed by atoms with E-state index in [1.54, 1.807) is 43.3 Å². The number of hydrogen-bond donors (Lipinski definition) is 0. The van der Waals surface area contributed by atoms with Gasteiger partial charge in [0.25, 0.3) is 5.91 Å². The first-order chi connectivity index (χ1) is 15.5. The molecular weight excluding hydrogens is 422 g/mol. The molecule has 0 N–H and O–H groups in total. The summed E-state index contributed by atoms with van der Waals surface area (Å²) in [5.74, 6) is 0.299. The highest BCUT2D eigenvalue weighted by Crippen LogP contribution is 2.37. The molecule has 0 unspecified atom stereocenters. The number of rotatable bonds is 4. The fourth-order valence-corrected chi connectivity index (χ4v) is 3.94. The lowest BCUT2D eigenvalue weighted by Crippen LogP contribution is -2.28. The van der Waals surface area contributed by atoms with E-state index in [1.165, 1.54) is 16.7 Å². The van der Waals surface area contributed by atoms with Gasteiger partial charge in [0.05, 0.1) is 16.3 Å². The van der Waals surface area contributed by atoms with Crippen molar-refractivity contribution in [3.63, 3.8) is 0 Å². The van der Waals surface area contributed by atoms with Gasteiger partial charge in [0, 0.05) is 14.1 Å². The molecule has 0 bridgehead atoms. The Morgan fingerprint density at radius 2 is 1.56 bits per heavy atom. The van der Waals surface area contributed by atoms with Crippen LogP contribution in [0.1, 0.15) is 5.56 Å². The van der Waals surface area contributed by atoms with Gasteiger partial charge in [-0.1, -0.05) is 48.5 Å². The predicted molar refractivity (Wildman–Crippen MR) is 129 cm³/mol. The van der Waals surface area contributed by atoms with Gasteiger partial charge >= 0.3 is 6.09 Å². The Bertz CT molecular complexity index is 1170. The van der Waals surface area contributed by atoms with E-state index in [0.717, 1.165) is 16.9 Å². The number of anilines is 1. The number of ether oxygens (including phenoxy) is 1. The van der Waals surface area contributed by atoms with Crippen LogP contribution in [-0.2, 0) is 4.79 Å². The summed E-state index contributed by atoms with van der Waals surface area (Å²) >= 11 is 1.33. The number of carbonyl (C=O) groups excluding carboxylic acids is 2. The van der Waals surface area contributed by atoms with Crippen LogP contribution in [0.4, 0.5) is 16.2 Å². The van der Waals surface area contributed by atoms with E-state index >= 15 is 0 Å². The second-order valence-corrected chi connectivity index (χ2v) is 8.16. The van der Waals surface area contributed by atoms with Crippen LogP contribution in [0.3, 0.4) is 0 Å². The molecule has 1 saturated heterocycles. The zero-order chi connectivity index (χ0) is 22.5. The Balaban J connectivity index is 1.63. The Morgan fingerprint density at radius 1 is 0.938 bits per heavy atom. The topological polar surface area (TPSA) is 62.2 Å². The summed E-state index contributed by atoms with van der Waals surface area (Å²) in [7, 11) is 3.24. The molecule has 0 saturated carbocycles. The molecule has 6 nitrogen and oxygen atoms in total. The van der Waals surface area contributed by atoms with Crippen molar-refractivity contribution in [2.24, 2.45) is 4.99 Å². The molecule has 0 radical (unpaired) electrons. The molecule has 0 aromatic heterocycles. The summed E-state index contributed by atoms with van der Waals surface area (Å²) in [6, 6.07) is 26.0. The molecule has 2 amide bonds. The molecule has 3 aromatic carbocycles. The van der Waals surface area contributed by atoms with Crippen molar-refractivity contribution in [2.75, 3.05) is 19.0 Å². The summed E-state index contributed by atoms with van der Waals surface area (Å²) in [5, 5.41) is 0.593. The van der Waals surface area contributed by atoms with Crippen molar-refractivity contribution in [3.8, 4) is 5.75 Å². The van der Waals surface area contributed by atoms with Gasteiger partial charge in [-0.05, 0) is 59.8 Å². The molecule has 1 fully saturated rings. The molecule has 0 aliphatic carbocycles. The number of aliphatic imine (C=N–C) groups is 1. The van der Waals surface area contributed by atoms with Gasteiger partial charge in [-0.25, -0.2) is 9.79 Å². The molecular formula is C25H21N3O3S. The van der Waals surface area contributed by atoms with E-state index in [2.05, 4.69) is 0 Å². The SMILES string of the molecule is CN(C)C(=O)Oc1ccc(C=C2SC(=Nc3ccccc3)N(c3ccccc3)C2=O)cc1. The highest BCUT2D eigenvalue weighted by atomic mass is 32.2. The Hall–Kier alpha value is -3.84. The third kappa shape index (κ3) is 4.90. The first-order valence-corrected chi connectivity index (χ1v) is 10.7. The zero-order valence-corrected chi connectivity index (χ0v) is 18.5. The van der Waals surface area contributed by atoms with Crippen LogP contribution in [0.5, 0.6) is 5.75 Å². The second kappa shape index (κ2) is 9.53. The summed E-state index contributed by atoms with van der Waals surface area (Å²) in [6.45, 7) is 0. The molecule has 160 valence electrons. The van der Waals surface area contributed by atoms with Crippen LogP contribution in [0.2, 0.25) is 0 Å². The number of thioether (sulfide) groups is 1. The Morgan fingerprint density at radius 3 is 2.19 bits per heavy atom. The minimum atomic E-state index is -0.446. The lowest BCUT2D eigenvalue weighted by molar-refractivity contribution is -0.113. The maximum Gasteiger partial charge on any atom is 0.414 e. The van der Waals surface area contributed by atoms with E-state index in [0.29, 0.717) is 15.8 Å². The molecule has 1 heterocycles. The fourth-order valence-electron chi connectivity index (χ4n) is 2.94. The molecule has 0 atom stereocenters. The van der Waals surface area contributed by atoms with Gasteiger partial charge in [-0.15, -0.1) is 0 Å². The normalized spacial score (nSPS) is 15.9. The summed E-state index contributed by atoms with van der Waals surface area (Å²) in [5.41, 5.74) is 2.35. The molecule has 1 aliphatic rings.